The zero-order valence-corrected chi connectivity index (χ0v) is 17.1. The van der Waals surface area contributed by atoms with Crippen molar-refractivity contribution in [1.82, 2.24) is 0 Å². The van der Waals surface area contributed by atoms with E-state index in [4.69, 9.17) is 9.47 Å². The molecule has 0 aliphatic carbocycles. The third-order valence-corrected chi connectivity index (χ3v) is 4.45. The molecule has 0 fully saturated rings. The number of hydrogen-bond acceptors (Lipinski definition) is 4. The van der Waals surface area contributed by atoms with Crippen LogP contribution in [0.3, 0.4) is 0 Å². The summed E-state index contributed by atoms with van der Waals surface area (Å²) in [6.45, 7) is 4.73. The molecule has 4 heteroatoms. The molecule has 0 aliphatic rings. The lowest BCUT2D eigenvalue weighted by Crippen LogP contribution is -2.10. The van der Waals surface area contributed by atoms with Gasteiger partial charge in [0.25, 0.3) is 0 Å². The first-order valence-corrected chi connectivity index (χ1v) is 9.83. The normalized spacial score (nSPS) is 10.9. The van der Waals surface area contributed by atoms with E-state index >= 15 is 0 Å². The summed E-state index contributed by atoms with van der Waals surface area (Å²) >= 11 is 0. The van der Waals surface area contributed by atoms with E-state index in [2.05, 4.69) is 12.1 Å². The molecule has 3 aromatic carbocycles. The number of carbonyl (C=O) groups excluding carboxylic acids is 1. The summed E-state index contributed by atoms with van der Waals surface area (Å²) in [6, 6.07) is 24.6. The molecule has 0 unspecified atom stereocenters. The molecule has 0 saturated heterocycles. The van der Waals surface area contributed by atoms with Gasteiger partial charge in [-0.15, -0.1) is 0 Å². The van der Waals surface area contributed by atoms with Crippen molar-refractivity contribution in [3.63, 3.8) is 0 Å². The smallest absolute Gasteiger partial charge is 0.354 e. The summed E-state index contributed by atoms with van der Waals surface area (Å²) in [5.41, 5.74) is 3.96. The van der Waals surface area contributed by atoms with Gasteiger partial charge in [0.1, 0.15) is 23.1 Å². The summed E-state index contributed by atoms with van der Waals surface area (Å²) in [4.78, 5) is 12.4. The van der Waals surface area contributed by atoms with Crippen molar-refractivity contribution in [2.75, 3.05) is 6.61 Å². The van der Waals surface area contributed by atoms with Gasteiger partial charge in [0.2, 0.25) is 0 Å². The van der Waals surface area contributed by atoms with Crippen molar-refractivity contribution in [2.24, 2.45) is 0 Å². The van der Waals surface area contributed by atoms with E-state index in [-0.39, 0.29) is 5.57 Å². The van der Waals surface area contributed by atoms with E-state index < -0.39 is 5.97 Å². The number of esters is 1. The summed E-state index contributed by atoms with van der Waals surface area (Å²) in [7, 11) is 0. The maximum absolute atomic E-state index is 12.4. The Morgan fingerprint density at radius 1 is 0.900 bits per heavy atom. The maximum Gasteiger partial charge on any atom is 0.354 e. The average molecular weight is 397 g/mol. The van der Waals surface area contributed by atoms with Crippen LogP contribution in [0.2, 0.25) is 0 Å². The van der Waals surface area contributed by atoms with Gasteiger partial charge in [-0.2, -0.15) is 5.26 Å². The monoisotopic (exact) mass is 397 g/mol. The predicted molar refractivity (Wildman–Crippen MR) is 118 cm³/mol. The van der Waals surface area contributed by atoms with Gasteiger partial charge in [-0.1, -0.05) is 61.0 Å². The Kier molecular flexibility index (Phi) is 7.02. The van der Waals surface area contributed by atoms with Gasteiger partial charge in [-0.3, -0.25) is 0 Å². The molecule has 0 saturated carbocycles. The Labute approximate surface area is 177 Å². The van der Waals surface area contributed by atoms with Gasteiger partial charge >= 0.3 is 5.97 Å². The number of aryl methyl sites for hydroxylation is 1. The highest BCUT2D eigenvalue weighted by molar-refractivity contribution is 5.99. The summed E-state index contributed by atoms with van der Waals surface area (Å²) in [5, 5.41) is 9.38. The number of hydrogen-bond donors (Lipinski definition) is 0. The van der Waals surface area contributed by atoms with Crippen LogP contribution in [0, 0.1) is 18.3 Å². The molecule has 150 valence electrons. The molecule has 0 radical (unpaired) electrons. The Bertz CT molecular complexity index is 1060. The third kappa shape index (κ3) is 5.59. The van der Waals surface area contributed by atoms with Crippen LogP contribution in [-0.4, -0.2) is 12.6 Å². The zero-order chi connectivity index (χ0) is 21.3. The van der Waals surface area contributed by atoms with Crippen LogP contribution in [0.1, 0.15) is 24.5 Å². The first-order chi connectivity index (χ1) is 14.6. The maximum atomic E-state index is 12.4. The van der Waals surface area contributed by atoms with Gasteiger partial charge in [-0.05, 0) is 60.4 Å². The topological polar surface area (TPSA) is 59.3 Å². The molecule has 4 nitrogen and oxygen atoms in total. The molecule has 0 spiro atoms. The minimum absolute atomic E-state index is 0.0696. The van der Waals surface area contributed by atoms with Crippen LogP contribution in [0.15, 0.2) is 78.4 Å². The molecule has 0 aliphatic heterocycles. The van der Waals surface area contributed by atoms with Crippen LogP contribution in [0.5, 0.6) is 11.5 Å². The van der Waals surface area contributed by atoms with Crippen LogP contribution < -0.4 is 9.47 Å². The number of ether oxygens (including phenoxy) is 2. The van der Waals surface area contributed by atoms with E-state index in [0.717, 1.165) is 28.9 Å². The van der Waals surface area contributed by atoms with Gasteiger partial charge in [0.05, 0.1) is 6.61 Å². The standard InChI is InChI=1S/C26H23NO3/c1-3-16-29-24-12-6-20(7-13-24)17-23(18-27)26(28)30-25-14-10-22(11-15-25)21-8-4-19(2)5-9-21/h4-15,17H,3,16H2,1-2H3. The molecule has 0 amide bonds. The second kappa shape index (κ2) is 10.1. The number of benzene rings is 3. The van der Waals surface area contributed by atoms with Gasteiger partial charge in [0.15, 0.2) is 0 Å². The van der Waals surface area contributed by atoms with Crippen LogP contribution in [0.4, 0.5) is 0 Å². The van der Waals surface area contributed by atoms with Crippen LogP contribution in [0.25, 0.3) is 17.2 Å². The molecule has 3 aromatic rings. The van der Waals surface area contributed by atoms with Crippen molar-refractivity contribution < 1.29 is 14.3 Å². The first-order valence-electron chi connectivity index (χ1n) is 9.83. The van der Waals surface area contributed by atoms with E-state index in [1.165, 1.54) is 11.6 Å². The Hall–Kier alpha value is -3.84. The van der Waals surface area contributed by atoms with E-state index in [0.29, 0.717) is 12.4 Å². The molecule has 0 bridgehead atoms. The fourth-order valence-electron chi connectivity index (χ4n) is 2.81. The van der Waals surface area contributed by atoms with Gasteiger partial charge in [0, 0.05) is 0 Å². The van der Waals surface area contributed by atoms with Crippen LogP contribution in [-0.2, 0) is 4.79 Å². The largest absolute Gasteiger partial charge is 0.494 e. The molecule has 30 heavy (non-hydrogen) atoms. The van der Waals surface area contributed by atoms with Crippen molar-refractivity contribution in [3.8, 4) is 28.7 Å². The number of rotatable bonds is 7. The average Bonchev–Trinajstić information content (AvgIpc) is 2.78. The zero-order valence-electron chi connectivity index (χ0n) is 17.1. The summed E-state index contributed by atoms with van der Waals surface area (Å²) < 4.78 is 10.9. The lowest BCUT2D eigenvalue weighted by atomic mass is 10.0. The fraction of sp³-hybridized carbons (Fsp3) is 0.154. The van der Waals surface area contributed by atoms with Crippen molar-refractivity contribution in [1.29, 1.82) is 5.26 Å². The Balaban J connectivity index is 1.68. The third-order valence-electron chi connectivity index (χ3n) is 4.45. The van der Waals surface area contributed by atoms with Crippen molar-refractivity contribution in [3.05, 3.63) is 89.5 Å². The molecule has 0 N–H and O–H groups in total. The second-order valence-corrected chi connectivity index (χ2v) is 6.87. The van der Waals surface area contributed by atoms with Gasteiger partial charge < -0.3 is 9.47 Å². The second-order valence-electron chi connectivity index (χ2n) is 6.87. The summed E-state index contributed by atoms with van der Waals surface area (Å²) in [6.07, 6.45) is 2.44. The van der Waals surface area contributed by atoms with E-state index in [1.54, 1.807) is 24.3 Å². The fourth-order valence-corrected chi connectivity index (χ4v) is 2.81. The Morgan fingerprint density at radius 3 is 2.03 bits per heavy atom. The molecule has 3 rings (SSSR count). The number of nitriles is 1. The molecule has 0 aromatic heterocycles. The first kappa shape index (κ1) is 20.9. The molecule has 0 atom stereocenters. The molecular formula is C26H23NO3. The highest BCUT2D eigenvalue weighted by Crippen LogP contribution is 2.23. The molecule has 0 heterocycles. The van der Waals surface area contributed by atoms with Gasteiger partial charge in [-0.25, -0.2) is 4.79 Å². The Morgan fingerprint density at radius 2 is 1.47 bits per heavy atom. The van der Waals surface area contributed by atoms with E-state index in [9.17, 15) is 10.1 Å². The van der Waals surface area contributed by atoms with Crippen LogP contribution >= 0.6 is 0 Å². The van der Waals surface area contributed by atoms with Crippen molar-refractivity contribution in [2.45, 2.75) is 20.3 Å². The summed E-state index contributed by atoms with van der Waals surface area (Å²) in [5.74, 6) is 0.455. The lowest BCUT2D eigenvalue weighted by Gasteiger charge is -2.06. The minimum Gasteiger partial charge on any atom is -0.494 e. The molecular weight excluding hydrogens is 374 g/mol. The van der Waals surface area contributed by atoms with E-state index in [1.807, 2.05) is 56.3 Å². The number of nitrogens with zero attached hydrogens (tertiary/aromatic N) is 1. The minimum atomic E-state index is -0.688. The lowest BCUT2D eigenvalue weighted by molar-refractivity contribution is -0.129. The quantitative estimate of drug-likeness (QED) is 0.213. The van der Waals surface area contributed by atoms with Crippen molar-refractivity contribution >= 4 is 12.0 Å². The number of carbonyl (C=O) groups is 1. The SMILES string of the molecule is CCCOc1ccc(C=C(C#N)C(=O)Oc2ccc(-c3ccc(C)cc3)cc2)cc1. The highest BCUT2D eigenvalue weighted by Gasteiger charge is 2.12. The predicted octanol–water partition coefficient (Wildman–Crippen LogP) is 5.96. The highest BCUT2D eigenvalue weighted by atomic mass is 16.5.